The van der Waals surface area contributed by atoms with E-state index < -0.39 is 11.8 Å². The zero-order valence-corrected chi connectivity index (χ0v) is 85.0. The maximum Gasteiger partial charge on any atom is 0.273 e. The summed E-state index contributed by atoms with van der Waals surface area (Å²) in [7, 11) is 6.54. The molecule has 0 fully saturated rings. The SMILES string of the molecule is COCCOCCOCCOCCOCCOCCOCCOCCCNc1nc(C(=O)NCCOCCOCCOCCOCCOCCOCCOCCOCCOCCOCCOCCOC)c(NCCCOCCOCCOCCOCCOCCOCCOCCOC)nc1C(=O)NCCOCCOCCOCCOCCOCCOCCOCCOCCOCCOCCOCCOC. The Morgan fingerprint density at radius 2 is 0.257 bits per heavy atom. The molecule has 0 radical (unpaired) electrons. The summed E-state index contributed by atoms with van der Waals surface area (Å²) in [6, 6.07) is 0. The van der Waals surface area contributed by atoms with E-state index in [9.17, 15) is 9.59 Å². The van der Waals surface area contributed by atoms with Gasteiger partial charge in [0.2, 0.25) is 0 Å². The van der Waals surface area contributed by atoms with Crippen LogP contribution in [0.25, 0.3) is 0 Å². The first-order chi connectivity index (χ1) is 69.6. The van der Waals surface area contributed by atoms with Gasteiger partial charge in [0, 0.05) is 67.8 Å². The highest BCUT2D eigenvalue weighted by Crippen LogP contribution is 2.20. The monoisotopic (exact) mass is 2040 g/mol. The van der Waals surface area contributed by atoms with Crippen molar-refractivity contribution in [3.05, 3.63) is 11.4 Å². The average molecular weight is 2040 g/mol. The molecule has 0 bridgehead atoms. The van der Waals surface area contributed by atoms with Crippen LogP contribution in [0.1, 0.15) is 33.8 Å². The molecular formula is C92H180N6O42. The van der Waals surface area contributed by atoms with E-state index in [1.807, 2.05) is 0 Å². The van der Waals surface area contributed by atoms with Crippen molar-refractivity contribution in [2.45, 2.75) is 12.8 Å². The Morgan fingerprint density at radius 3 is 0.379 bits per heavy atom. The highest BCUT2D eigenvalue weighted by molar-refractivity contribution is 6.01. The lowest BCUT2D eigenvalue weighted by atomic mass is 10.3. The maximum atomic E-state index is 14.2. The van der Waals surface area contributed by atoms with Crippen LogP contribution in [0.2, 0.25) is 0 Å². The van der Waals surface area contributed by atoms with E-state index in [0.717, 1.165) is 0 Å². The largest absolute Gasteiger partial charge is 0.382 e. The predicted octanol–water partition coefficient (Wildman–Crippen LogP) is 0.723. The van der Waals surface area contributed by atoms with Crippen LogP contribution in [0.15, 0.2) is 0 Å². The molecule has 830 valence electrons. The Balaban J connectivity index is 2.68. The van der Waals surface area contributed by atoms with Crippen molar-refractivity contribution in [3.63, 3.8) is 0 Å². The second-order valence-corrected chi connectivity index (χ2v) is 28.7. The van der Waals surface area contributed by atoms with Gasteiger partial charge in [-0.3, -0.25) is 9.59 Å². The molecule has 1 rings (SSSR count). The fourth-order valence-electron chi connectivity index (χ4n) is 10.4. The molecule has 48 nitrogen and oxygen atoms in total. The number of hydrogen-bond acceptors (Lipinski definition) is 46. The highest BCUT2D eigenvalue weighted by atomic mass is 16.6. The van der Waals surface area contributed by atoms with E-state index in [1.165, 1.54) is 0 Å². The molecule has 140 heavy (non-hydrogen) atoms. The summed E-state index contributed by atoms with van der Waals surface area (Å²) in [5.41, 5.74) is -0.108. The van der Waals surface area contributed by atoms with Crippen LogP contribution in [0.4, 0.5) is 11.6 Å². The van der Waals surface area contributed by atoms with Crippen LogP contribution < -0.4 is 21.3 Å². The van der Waals surface area contributed by atoms with Gasteiger partial charge in [0.1, 0.15) is 0 Å². The van der Waals surface area contributed by atoms with Gasteiger partial charge in [-0.2, -0.15) is 0 Å². The topological polar surface area (TPSA) is 477 Å². The van der Waals surface area contributed by atoms with Gasteiger partial charge in [0.15, 0.2) is 23.0 Å². The molecule has 0 unspecified atom stereocenters. The molecule has 48 heteroatoms. The maximum absolute atomic E-state index is 14.2. The molecular weight excluding hydrogens is 1860 g/mol. The number of anilines is 2. The lowest BCUT2D eigenvalue weighted by Gasteiger charge is -2.17. The first kappa shape index (κ1) is 134. The molecule has 2 amide bonds. The fourth-order valence-corrected chi connectivity index (χ4v) is 10.4. The normalized spacial score (nSPS) is 11.7. The van der Waals surface area contributed by atoms with Gasteiger partial charge in [-0.1, -0.05) is 0 Å². The summed E-state index contributed by atoms with van der Waals surface area (Å²) >= 11 is 0. The number of rotatable bonds is 126. The summed E-state index contributed by atoms with van der Waals surface area (Å²) in [6.45, 7) is 33.9. The standard InChI is InChI=1S/C92H180N6O42/c1-101-15-19-109-31-35-117-47-51-125-63-67-129-59-55-121-43-39-113-27-23-105-11-5-7-93-89-87(91(99)95-9-13-107-25-29-115-41-45-123-57-61-131-71-73-135-79-81-139-85-83-137-77-75-133-69-65-127-53-49-119-37-33-111-21-17-103-3)98-90(94-8-6-12-106-24-28-114-40-44-122-56-60-130-68-64-126-52-48-118-36-32-110-20-16-102-2)88(97-89)92(100)96-10-14-108-26-30-116-42-46-124-58-62-132-72-74-136-80-82-140-86-84-138-78-76-134-70-66-128-54-50-120-38-34-112-22-18-104-4/h5-86H2,1-4H3,(H,93,97)(H,94,98)(H,95,99)(H,96,100). The van der Waals surface area contributed by atoms with Crippen LogP contribution >= 0.6 is 0 Å². The molecule has 0 saturated carbocycles. The Morgan fingerprint density at radius 1 is 0.150 bits per heavy atom. The van der Waals surface area contributed by atoms with Gasteiger partial charge in [0.05, 0.1) is 489 Å². The summed E-state index contributed by atoms with van der Waals surface area (Å²) in [5, 5.41) is 12.2. The number of aromatic nitrogens is 2. The van der Waals surface area contributed by atoms with Crippen molar-refractivity contribution in [1.82, 2.24) is 20.6 Å². The van der Waals surface area contributed by atoms with Crippen molar-refractivity contribution in [2.75, 3.05) is 567 Å². The van der Waals surface area contributed by atoms with Crippen LogP contribution in [-0.4, -0.2) is 579 Å². The lowest BCUT2D eigenvalue weighted by Crippen LogP contribution is -2.33. The number of methoxy groups -OCH3 is 4. The van der Waals surface area contributed by atoms with Crippen molar-refractivity contribution >= 4 is 23.5 Å². The zero-order valence-electron chi connectivity index (χ0n) is 85.0. The molecule has 0 aliphatic rings. The van der Waals surface area contributed by atoms with Gasteiger partial charge < -0.3 is 211 Å². The first-order valence-electron chi connectivity index (χ1n) is 49.3. The highest BCUT2D eigenvalue weighted by Gasteiger charge is 2.24. The molecule has 0 atom stereocenters. The fraction of sp³-hybridized carbons (Fsp3) is 0.935. The number of carbonyl (C=O) groups is 2. The Kier molecular flexibility index (Phi) is 115. The van der Waals surface area contributed by atoms with Crippen LogP contribution in [-0.2, 0) is 189 Å². The summed E-state index contributed by atoms with van der Waals surface area (Å²) < 4.78 is 221. The smallest absolute Gasteiger partial charge is 0.273 e. The number of nitrogens with one attached hydrogen (secondary N) is 4. The third-order valence-electron chi connectivity index (χ3n) is 17.5. The number of carbonyl (C=O) groups excluding carboxylic acids is 2. The Labute approximate surface area is 831 Å². The number of hydrogen-bond donors (Lipinski definition) is 4. The van der Waals surface area contributed by atoms with E-state index in [4.69, 9.17) is 199 Å². The predicted molar refractivity (Wildman–Crippen MR) is 510 cm³/mol. The van der Waals surface area contributed by atoms with E-state index in [0.29, 0.717) is 502 Å². The molecule has 0 spiro atoms. The minimum atomic E-state index is -0.555. The summed E-state index contributed by atoms with van der Waals surface area (Å²) in [4.78, 5) is 37.8. The van der Waals surface area contributed by atoms with Crippen molar-refractivity contribution < 1.29 is 199 Å². The average Bonchev–Trinajstić information content (AvgIpc) is 0.803. The van der Waals surface area contributed by atoms with Gasteiger partial charge in [-0.15, -0.1) is 0 Å². The number of nitrogens with zero attached hydrogens (tertiary/aromatic N) is 2. The Bertz CT molecular complexity index is 2410. The van der Waals surface area contributed by atoms with Gasteiger partial charge in [0.25, 0.3) is 11.8 Å². The molecule has 1 aromatic rings. The molecule has 1 heterocycles. The van der Waals surface area contributed by atoms with E-state index >= 15 is 0 Å². The van der Waals surface area contributed by atoms with E-state index in [1.54, 1.807) is 28.4 Å². The number of ether oxygens (including phenoxy) is 40. The van der Waals surface area contributed by atoms with Crippen molar-refractivity contribution in [2.24, 2.45) is 0 Å². The molecule has 4 N–H and O–H groups in total. The first-order valence-corrected chi connectivity index (χ1v) is 49.3. The molecule has 0 saturated heterocycles. The van der Waals surface area contributed by atoms with E-state index in [-0.39, 0.29) is 62.5 Å². The quantitative estimate of drug-likeness (QED) is 0.0653. The second kappa shape index (κ2) is 120. The molecule has 0 aliphatic heterocycles. The van der Waals surface area contributed by atoms with Gasteiger partial charge in [-0.25, -0.2) is 9.97 Å². The van der Waals surface area contributed by atoms with E-state index in [2.05, 4.69) is 21.3 Å². The molecule has 0 aliphatic carbocycles. The van der Waals surface area contributed by atoms with Crippen molar-refractivity contribution in [3.8, 4) is 0 Å². The summed E-state index contributed by atoms with van der Waals surface area (Å²) in [6.07, 6.45) is 1.00. The second-order valence-electron chi connectivity index (χ2n) is 28.7. The van der Waals surface area contributed by atoms with Crippen LogP contribution in [0.3, 0.4) is 0 Å². The third-order valence-corrected chi connectivity index (χ3v) is 17.5. The van der Waals surface area contributed by atoms with Crippen LogP contribution in [0.5, 0.6) is 0 Å². The Hall–Kier alpha value is -3.98. The molecule has 0 aromatic carbocycles. The minimum Gasteiger partial charge on any atom is -0.382 e. The molecule has 1 aromatic heterocycles. The van der Waals surface area contributed by atoms with Gasteiger partial charge in [-0.05, 0) is 12.8 Å². The zero-order chi connectivity index (χ0) is 100.0. The van der Waals surface area contributed by atoms with Crippen LogP contribution in [0, 0.1) is 0 Å². The third kappa shape index (κ3) is 105. The minimum absolute atomic E-state index is 0.0539. The van der Waals surface area contributed by atoms with Gasteiger partial charge >= 0.3 is 0 Å². The van der Waals surface area contributed by atoms with Crippen molar-refractivity contribution in [1.29, 1.82) is 0 Å². The lowest BCUT2D eigenvalue weighted by molar-refractivity contribution is -0.0279. The number of amides is 2. The summed E-state index contributed by atoms with van der Waals surface area (Å²) in [5.74, 6) is -0.951.